The molecule has 4 rings (SSSR count). The predicted molar refractivity (Wildman–Crippen MR) is 120 cm³/mol. The number of imide groups is 1. The van der Waals surface area contributed by atoms with Gasteiger partial charge in [-0.15, -0.1) is 0 Å². The Kier molecular flexibility index (Phi) is 5.67. The Balaban J connectivity index is 1.56. The maximum absolute atomic E-state index is 12.7. The SMILES string of the molecule is Cc1ccc(-c2ccc(/C=C3\SC(=O)N(Cc4ccccc4Cl)C3=O)o2)c(Br)c1. The summed E-state index contributed by atoms with van der Waals surface area (Å²) in [6.45, 7) is 2.15. The minimum Gasteiger partial charge on any atom is -0.457 e. The van der Waals surface area contributed by atoms with Crippen LogP contribution in [0.4, 0.5) is 4.79 Å². The van der Waals surface area contributed by atoms with Gasteiger partial charge >= 0.3 is 0 Å². The summed E-state index contributed by atoms with van der Waals surface area (Å²) in [5.74, 6) is 0.837. The first-order chi connectivity index (χ1) is 13.9. The van der Waals surface area contributed by atoms with Gasteiger partial charge in [0.1, 0.15) is 11.5 Å². The molecule has 146 valence electrons. The van der Waals surface area contributed by atoms with Crippen molar-refractivity contribution >= 4 is 56.5 Å². The summed E-state index contributed by atoms with van der Waals surface area (Å²) >= 11 is 10.6. The summed E-state index contributed by atoms with van der Waals surface area (Å²) < 4.78 is 6.81. The van der Waals surface area contributed by atoms with E-state index in [0.717, 1.165) is 32.9 Å². The minimum atomic E-state index is -0.352. The van der Waals surface area contributed by atoms with Crippen LogP contribution >= 0.6 is 39.3 Å². The minimum absolute atomic E-state index is 0.140. The highest BCUT2D eigenvalue weighted by atomic mass is 79.9. The van der Waals surface area contributed by atoms with Crippen LogP contribution in [-0.2, 0) is 11.3 Å². The quantitative estimate of drug-likeness (QED) is 0.375. The van der Waals surface area contributed by atoms with Crippen molar-refractivity contribution in [2.75, 3.05) is 0 Å². The second kappa shape index (κ2) is 8.22. The van der Waals surface area contributed by atoms with Crippen LogP contribution in [0.5, 0.6) is 0 Å². The van der Waals surface area contributed by atoms with Gasteiger partial charge in [-0.25, -0.2) is 0 Å². The van der Waals surface area contributed by atoms with Crippen molar-refractivity contribution in [1.82, 2.24) is 4.90 Å². The Morgan fingerprint density at radius 3 is 2.69 bits per heavy atom. The van der Waals surface area contributed by atoms with Crippen molar-refractivity contribution in [3.05, 3.63) is 85.9 Å². The molecule has 1 aromatic heterocycles. The van der Waals surface area contributed by atoms with Crippen molar-refractivity contribution in [2.45, 2.75) is 13.5 Å². The first kappa shape index (κ1) is 20.0. The van der Waals surface area contributed by atoms with E-state index in [9.17, 15) is 9.59 Å². The molecule has 0 spiro atoms. The number of carbonyl (C=O) groups is 2. The molecule has 0 unspecified atom stereocenters. The van der Waals surface area contributed by atoms with Gasteiger partial charge in [0.25, 0.3) is 11.1 Å². The van der Waals surface area contributed by atoms with E-state index >= 15 is 0 Å². The molecule has 1 saturated heterocycles. The fourth-order valence-electron chi connectivity index (χ4n) is 2.96. The van der Waals surface area contributed by atoms with Gasteiger partial charge in [-0.3, -0.25) is 14.5 Å². The van der Waals surface area contributed by atoms with E-state index in [2.05, 4.69) is 15.9 Å². The maximum Gasteiger partial charge on any atom is 0.293 e. The van der Waals surface area contributed by atoms with E-state index in [0.29, 0.717) is 21.4 Å². The summed E-state index contributed by atoms with van der Waals surface area (Å²) in [5.41, 5.74) is 2.78. The van der Waals surface area contributed by atoms with Crippen LogP contribution in [0.2, 0.25) is 5.02 Å². The summed E-state index contributed by atoms with van der Waals surface area (Å²) in [7, 11) is 0. The fraction of sp³-hybridized carbons (Fsp3) is 0.0909. The molecule has 2 aromatic carbocycles. The third kappa shape index (κ3) is 4.20. The van der Waals surface area contributed by atoms with E-state index in [-0.39, 0.29) is 17.7 Å². The number of rotatable bonds is 4. The Morgan fingerprint density at radius 2 is 1.93 bits per heavy atom. The van der Waals surface area contributed by atoms with Gasteiger partial charge in [0.05, 0.1) is 11.4 Å². The summed E-state index contributed by atoms with van der Waals surface area (Å²) in [6, 6.07) is 16.8. The number of nitrogens with zero attached hydrogens (tertiary/aromatic N) is 1. The lowest BCUT2D eigenvalue weighted by atomic mass is 10.1. The third-order valence-electron chi connectivity index (χ3n) is 4.45. The normalized spacial score (nSPS) is 15.6. The highest BCUT2D eigenvalue weighted by Crippen LogP contribution is 2.36. The van der Waals surface area contributed by atoms with Gasteiger partial charge < -0.3 is 4.42 Å². The van der Waals surface area contributed by atoms with E-state index in [1.807, 2.05) is 37.3 Å². The van der Waals surface area contributed by atoms with Crippen molar-refractivity contribution in [3.63, 3.8) is 0 Å². The van der Waals surface area contributed by atoms with Crippen LogP contribution in [0.1, 0.15) is 16.9 Å². The van der Waals surface area contributed by atoms with Crippen LogP contribution in [0, 0.1) is 6.92 Å². The van der Waals surface area contributed by atoms with Gasteiger partial charge in [-0.1, -0.05) is 51.8 Å². The number of benzene rings is 2. The van der Waals surface area contributed by atoms with Gasteiger partial charge in [0, 0.05) is 21.1 Å². The Bertz CT molecular complexity index is 1150. The Labute approximate surface area is 185 Å². The Morgan fingerprint density at radius 1 is 1.14 bits per heavy atom. The van der Waals surface area contributed by atoms with E-state index in [1.165, 1.54) is 4.90 Å². The molecule has 0 radical (unpaired) electrons. The molecule has 0 bridgehead atoms. The topological polar surface area (TPSA) is 50.5 Å². The highest BCUT2D eigenvalue weighted by molar-refractivity contribution is 9.10. The van der Waals surface area contributed by atoms with E-state index in [1.54, 1.807) is 30.3 Å². The van der Waals surface area contributed by atoms with Crippen molar-refractivity contribution in [2.24, 2.45) is 0 Å². The molecule has 1 aliphatic heterocycles. The lowest BCUT2D eigenvalue weighted by Gasteiger charge is -2.13. The lowest BCUT2D eigenvalue weighted by Crippen LogP contribution is -2.27. The second-order valence-electron chi connectivity index (χ2n) is 6.54. The fourth-order valence-corrected chi connectivity index (χ4v) is 4.66. The summed E-state index contributed by atoms with van der Waals surface area (Å²) in [5, 5.41) is 0.198. The highest BCUT2D eigenvalue weighted by Gasteiger charge is 2.35. The van der Waals surface area contributed by atoms with Crippen LogP contribution in [-0.4, -0.2) is 16.0 Å². The van der Waals surface area contributed by atoms with Crippen LogP contribution in [0.3, 0.4) is 0 Å². The van der Waals surface area contributed by atoms with E-state index < -0.39 is 0 Å². The van der Waals surface area contributed by atoms with E-state index in [4.69, 9.17) is 16.0 Å². The molecule has 1 fully saturated rings. The smallest absolute Gasteiger partial charge is 0.293 e. The van der Waals surface area contributed by atoms with Gasteiger partial charge in [0.2, 0.25) is 0 Å². The summed E-state index contributed by atoms with van der Waals surface area (Å²) in [6.07, 6.45) is 1.60. The first-order valence-corrected chi connectivity index (χ1v) is 10.8. The van der Waals surface area contributed by atoms with Gasteiger partial charge in [0.15, 0.2) is 0 Å². The predicted octanol–water partition coefficient (Wildman–Crippen LogP) is 6.91. The zero-order valence-electron chi connectivity index (χ0n) is 15.3. The number of carbonyl (C=O) groups excluding carboxylic acids is 2. The van der Waals surface area contributed by atoms with Crippen LogP contribution < -0.4 is 0 Å². The van der Waals surface area contributed by atoms with Gasteiger partial charge in [-0.05, 0) is 60.1 Å². The lowest BCUT2D eigenvalue weighted by molar-refractivity contribution is -0.123. The van der Waals surface area contributed by atoms with Crippen LogP contribution in [0.15, 0.2) is 68.4 Å². The Hall–Kier alpha value is -2.28. The van der Waals surface area contributed by atoms with Crippen molar-refractivity contribution in [3.8, 4) is 11.3 Å². The number of thioether (sulfide) groups is 1. The largest absolute Gasteiger partial charge is 0.457 e. The zero-order valence-corrected chi connectivity index (χ0v) is 18.5. The first-order valence-electron chi connectivity index (χ1n) is 8.77. The number of halogens is 2. The molecule has 4 nitrogen and oxygen atoms in total. The molecule has 0 aliphatic carbocycles. The maximum atomic E-state index is 12.7. The molecular formula is C22H15BrClNO3S. The molecule has 7 heteroatoms. The molecule has 0 atom stereocenters. The molecule has 2 amide bonds. The molecule has 29 heavy (non-hydrogen) atoms. The number of furan rings is 1. The standard InChI is InChI=1S/C22H15BrClNO3S/c1-13-6-8-16(17(23)10-13)19-9-7-15(28-19)11-20-21(26)25(22(27)29-20)12-14-4-2-3-5-18(14)24/h2-11H,12H2,1H3/b20-11-. The molecule has 0 saturated carbocycles. The average Bonchev–Trinajstić information content (AvgIpc) is 3.24. The number of aryl methyl sites for hydroxylation is 1. The van der Waals surface area contributed by atoms with Crippen LogP contribution in [0.25, 0.3) is 17.4 Å². The second-order valence-corrected chi connectivity index (χ2v) is 8.80. The van der Waals surface area contributed by atoms with Gasteiger partial charge in [-0.2, -0.15) is 0 Å². The van der Waals surface area contributed by atoms with Crippen molar-refractivity contribution < 1.29 is 14.0 Å². The average molecular weight is 489 g/mol. The number of hydrogen-bond donors (Lipinski definition) is 0. The molecule has 2 heterocycles. The zero-order chi connectivity index (χ0) is 20.5. The molecule has 3 aromatic rings. The molecule has 0 N–H and O–H groups in total. The third-order valence-corrected chi connectivity index (χ3v) is 6.38. The monoisotopic (exact) mass is 487 g/mol. The molecular weight excluding hydrogens is 474 g/mol. The number of hydrogen-bond acceptors (Lipinski definition) is 4. The van der Waals surface area contributed by atoms with Crippen molar-refractivity contribution in [1.29, 1.82) is 0 Å². The number of amides is 2. The summed E-state index contributed by atoms with van der Waals surface area (Å²) in [4.78, 5) is 26.6. The molecule has 1 aliphatic rings.